The topological polar surface area (TPSA) is 62.5 Å². The van der Waals surface area contributed by atoms with Crippen LogP contribution in [-0.2, 0) is 9.53 Å². The van der Waals surface area contributed by atoms with Crippen LogP contribution in [0.15, 0.2) is 16.9 Å². The third kappa shape index (κ3) is 1.13. The van der Waals surface area contributed by atoms with Gasteiger partial charge in [-0.15, -0.1) is 0 Å². The molecule has 1 aliphatic rings. The van der Waals surface area contributed by atoms with Crippen molar-refractivity contribution in [1.82, 2.24) is 0 Å². The summed E-state index contributed by atoms with van der Waals surface area (Å²) in [5.74, 6) is -0.342. The molecule has 1 aliphatic heterocycles. The number of hydrogen-bond donors (Lipinski definition) is 1. The molecule has 9 heavy (non-hydrogen) atoms. The predicted octanol–water partition coefficient (Wildman–Crippen LogP) is 0.848. The second kappa shape index (κ2) is 2.39. The highest BCUT2D eigenvalue weighted by molar-refractivity contribution is 5.90. The zero-order valence-electron chi connectivity index (χ0n) is 4.76. The highest BCUT2D eigenvalue weighted by Crippen LogP contribution is 2.11. The number of carbonyl (C=O) groups is 1. The first-order chi connectivity index (χ1) is 4.34. The number of hydrogen-bond acceptors (Lipinski definition) is 4. The molecule has 0 aromatic rings. The van der Waals surface area contributed by atoms with Crippen LogP contribution in [0.25, 0.3) is 0 Å². The van der Waals surface area contributed by atoms with Gasteiger partial charge < -0.3 is 4.74 Å². The van der Waals surface area contributed by atoms with E-state index >= 15 is 0 Å². The third-order valence-electron chi connectivity index (χ3n) is 1.09. The Balaban J connectivity index is 2.69. The summed E-state index contributed by atoms with van der Waals surface area (Å²) in [6, 6.07) is 0. The van der Waals surface area contributed by atoms with Gasteiger partial charge >= 0.3 is 5.97 Å². The van der Waals surface area contributed by atoms with Gasteiger partial charge in [-0.2, -0.15) is 5.11 Å². The zero-order valence-corrected chi connectivity index (χ0v) is 4.76. The normalized spacial score (nSPS) is 22.2. The van der Waals surface area contributed by atoms with Crippen molar-refractivity contribution in [3.63, 3.8) is 0 Å². The molecule has 0 aromatic heterocycles. The monoisotopic (exact) mass is 126 g/mol. The van der Waals surface area contributed by atoms with E-state index in [1.54, 1.807) is 0 Å². The number of nitrogens with zero attached hydrogens (tertiary/aromatic N) is 1. The Morgan fingerprint density at radius 1 is 1.78 bits per heavy atom. The lowest BCUT2D eigenvalue weighted by molar-refractivity contribution is -0.135. The van der Waals surface area contributed by atoms with Gasteiger partial charge in [0.15, 0.2) is 0 Å². The van der Waals surface area contributed by atoms with Gasteiger partial charge in [0.2, 0.25) is 0 Å². The summed E-state index contributed by atoms with van der Waals surface area (Å²) < 4.78 is 4.57. The lowest BCUT2D eigenvalue weighted by Gasteiger charge is -1.84. The van der Waals surface area contributed by atoms with Crippen molar-refractivity contribution < 1.29 is 9.53 Å². The maximum absolute atomic E-state index is 10.5. The Morgan fingerprint density at radius 2 is 2.56 bits per heavy atom. The highest BCUT2D eigenvalue weighted by Gasteiger charge is 2.17. The quantitative estimate of drug-likeness (QED) is 0.321. The summed E-state index contributed by atoms with van der Waals surface area (Å²) in [5.41, 5.74) is 6.89. The average Bonchev–Trinajstić information content (AvgIpc) is 2.18. The van der Waals surface area contributed by atoms with Gasteiger partial charge in [-0.1, -0.05) is 0 Å². The molecule has 4 nitrogen and oxygen atoms in total. The molecule has 1 saturated heterocycles. The van der Waals surface area contributed by atoms with E-state index in [-0.39, 0.29) is 5.97 Å². The predicted molar refractivity (Wildman–Crippen MR) is 28.8 cm³/mol. The number of cyclic esters (lactones) is 1. The smallest absolute Gasteiger partial charge is 0.335 e. The molecule has 48 valence electrons. The van der Waals surface area contributed by atoms with Crippen LogP contribution in [0, 0.1) is 5.53 Å². The average molecular weight is 126 g/mol. The van der Waals surface area contributed by atoms with E-state index in [1.165, 1.54) is 6.20 Å². The van der Waals surface area contributed by atoms with Crippen molar-refractivity contribution in [2.75, 3.05) is 6.61 Å². The summed E-state index contributed by atoms with van der Waals surface area (Å²) in [6.07, 6.45) is 1.80. The van der Waals surface area contributed by atoms with Gasteiger partial charge in [-0.3, -0.25) is 0 Å². The Hall–Kier alpha value is -1.19. The van der Waals surface area contributed by atoms with Crippen LogP contribution in [0.3, 0.4) is 0 Å². The third-order valence-corrected chi connectivity index (χ3v) is 1.09. The largest absolute Gasteiger partial charge is 0.462 e. The van der Waals surface area contributed by atoms with Gasteiger partial charge in [-0.25, -0.2) is 10.3 Å². The van der Waals surface area contributed by atoms with Crippen LogP contribution in [-0.4, -0.2) is 12.6 Å². The standard InChI is InChI=1S/C5H6N2O2/c6-7-3-4-1-2-9-5(4)8/h3,6H,1-2H2/b4-3+,7-6?. The summed E-state index contributed by atoms with van der Waals surface area (Å²) in [6.45, 7) is 0.431. The number of nitrogens with one attached hydrogen (secondary N) is 1. The molecule has 0 aliphatic carbocycles. The molecule has 1 heterocycles. The lowest BCUT2D eigenvalue weighted by atomic mass is 10.2. The molecular formula is C5H6N2O2. The van der Waals surface area contributed by atoms with E-state index < -0.39 is 0 Å². The summed E-state index contributed by atoms with van der Waals surface area (Å²) in [7, 11) is 0. The maximum Gasteiger partial charge on any atom is 0.335 e. The minimum Gasteiger partial charge on any atom is -0.462 e. The van der Waals surface area contributed by atoms with Crippen LogP contribution >= 0.6 is 0 Å². The first-order valence-electron chi connectivity index (χ1n) is 2.57. The Morgan fingerprint density at radius 3 is 3.00 bits per heavy atom. The zero-order chi connectivity index (χ0) is 6.69. The number of rotatable bonds is 1. The van der Waals surface area contributed by atoms with Crippen LogP contribution in [0.1, 0.15) is 6.42 Å². The number of carbonyl (C=O) groups excluding carboxylic acids is 1. The molecule has 0 saturated carbocycles. The fourth-order valence-electron chi connectivity index (χ4n) is 0.644. The number of esters is 1. The van der Waals surface area contributed by atoms with Crippen LogP contribution < -0.4 is 0 Å². The summed E-state index contributed by atoms with van der Waals surface area (Å²) in [4.78, 5) is 10.5. The van der Waals surface area contributed by atoms with Crippen LogP contribution in [0.4, 0.5) is 0 Å². The van der Waals surface area contributed by atoms with Crippen molar-refractivity contribution in [3.05, 3.63) is 11.8 Å². The molecule has 0 radical (unpaired) electrons. The summed E-state index contributed by atoms with van der Waals surface area (Å²) in [5, 5.41) is 2.96. The molecule has 0 bridgehead atoms. The van der Waals surface area contributed by atoms with E-state index in [0.29, 0.717) is 18.6 Å². The fourth-order valence-corrected chi connectivity index (χ4v) is 0.644. The van der Waals surface area contributed by atoms with E-state index in [0.717, 1.165) is 0 Å². The van der Waals surface area contributed by atoms with Crippen LogP contribution in [0.5, 0.6) is 0 Å². The van der Waals surface area contributed by atoms with Crippen LogP contribution in [0.2, 0.25) is 0 Å². The van der Waals surface area contributed by atoms with Crippen molar-refractivity contribution >= 4 is 5.97 Å². The van der Waals surface area contributed by atoms with E-state index in [2.05, 4.69) is 9.85 Å². The second-order valence-electron chi connectivity index (χ2n) is 1.67. The Labute approximate surface area is 52.0 Å². The Bertz CT molecular complexity index is 174. The molecular weight excluding hydrogens is 120 g/mol. The van der Waals surface area contributed by atoms with Crippen molar-refractivity contribution in [2.45, 2.75) is 6.42 Å². The van der Waals surface area contributed by atoms with Gasteiger partial charge in [-0.05, 0) is 0 Å². The molecule has 0 aromatic carbocycles. The van der Waals surface area contributed by atoms with Gasteiger partial charge in [0.1, 0.15) is 0 Å². The van der Waals surface area contributed by atoms with Gasteiger partial charge in [0.05, 0.1) is 18.4 Å². The minimum atomic E-state index is -0.342. The molecule has 0 amide bonds. The second-order valence-corrected chi connectivity index (χ2v) is 1.67. The molecule has 4 heteroatoms. The molecule has 1 fully saturated rings. The molecule has 0 unspecified atom stereocenters. The minimum absolute atomic E-state index is 0.342. The number of ether oxygens (including phenoxy) is 1. The molecule has 0 atom stereocenters. The maximum atomic E-state index is 10.5. The van der Waals surface area contributed by atoms with Gasteiger partial charge in [0.25, 0.3) is 0 Å². The Kier molecular flexibility index (Phi) is 1.58. The SMILES string of the molecule is N=N/C=C1\CCOC1=O. The first-order valence-corrected chi connectivity index (χ1v) is 2.57. The van der Waals surface area contributed by atoms with E-state index in [4.69, 9.17) is 5.53 Å². The van der Waals surface area contributed by atoms with E-state index in [1.807, 2.05) is 0 Å². The van der Waals surface area contributed by atoms with Crippen molar-refractivity contribution in [1.29, 1.82) is 5.53 Å². The highest BCUT2D eigenvalue weighted by atomic mass is 16.5. The first kappa shape index (κ1) is 5.94. The van der Waals surface area contributed by atoms with Gasteiger partial charge in [0, 0.05) is 6.42 Å². The molecule has 0 spiro atoms. The molecule has 1 N–H and O–H groups in total. The van der Waals surface area contributed by atoms with E-state index in [9.17, 15) is 4.79 Å². The molecule has 1 rings (SSSR count). The summed E-state index contributed by atoms with van der Waals surface area (Å²) >= 11 is 0. The van der Waals surface area contributed by atoms with Crippen molar-refractivity contribution in [2.24, 2.45) is 5.11 Å². The lowest BCUT2D eigenvalue weighted by Crippen LogP contribution is -1.93. The van der Waals surface area contributed by atoms with Crippen molar-refractivity contribution in [3.8, 4) is 0 Å². The fraction of sp³-hybridized carbons (Fsp3) is 0.400.